The summed E-state index contributed by atoms with van der Waals surface area (Å²) in [5.74, 6) is 0.231. The average molecular weight is 394 g/mol. The van der Waals surface area contributed by atoms with Gasteiger partial charge < -0.3 is 9.80 Å². The first-order chi connectivity index (χ1) is 13.4. The van der Waals surface area contributed by atoms with E-state index in [4.69, 9.17) is 4.98 Å². The molecule has 1 aromatic heterocycles. The number of aryl methyl sites for hydroxylation is 4. The van der Waals surface area contributed by atoms with Gasteiger partial charge in [-0.3, -0.25) is 4.79 Å². The number of hydrogen-bond donors (Lipinski definition) is 0. The Morgan fingerprint density at radius 1 is 0.964 bits per heavy atom. The van der Waals surface area contributed by atoms with E-state index < -0.39 is 0 Å². The van der Waals surface area contributed by atoms with E-state index in [-0.39, 0.29) is 5.91 Å². The molecule has 0 saturated carbocycles. The molecule has 0 spiro atoms. The summed E-state index contributed by atoms with van der Waals surface area (Å²) in [7, 11) is 0. The fourth-order valence-corrected chi connectivity index (χ4v) is 5.17. The Kier molecular flexibility index (Phi) is 5.11. The summed E-state index contributed by atoms with van der Waals surface area (Å²) in [6.45, 7) is 11.6. The number of anilines is 1. The lowest BCUT2D eigenvalue weighted by Crippen LogP contribution is -2.49. The van der Waals surface area contributed by atoms with Gasteiger partial charge in [-0.25, -0.2) is 4.98 Å². The summed E-state index contributed by atoms with van der Waals surface area (Å²) in [6, 6.07) is 10.7. The van der Waals surface area contributed by atoms with Gasteiger partial charge in [0.2, 0.25) is 5.91 Å². The second-order valence-electron chi connectivity index (χ2n) is 7.89. The van der Waals surface area contributed by atoms with E-state index in [2.05, 4.69) is 62.9 Å². The summed E-state index contributed by atoms with van der Waals surface area (Å²) in [4.78, 5) is 22.0. The number of carbonyl (C=O) groups is 1. The minimum absolute atomic E-state index is 0.231. The van der Waals surface area contributed by atoms with E-state index in [0.717, 1.165) is 36.8 Å². The first-order valence-corrected chi connectivity index (χ1v) is 10.7. The molecule has 0 N–H and O–H groups in total. The molecule has 4 rings (SSSR count). The molecule has 2 aromatic carbocycles. The van der Waals surface area contributed by atoms with E-state index in [0.29, 0.717) is 6.42 Å². The SMILES string of the molecule is Cc1cc(C)c(CC(=O)N2CCN(c3nc4ccc(C)cc4s3)CC2)c(C)c1. The monoisotopic (exact) mass is 393 g/mol. The first-order valence-electron chi connectivity index (χ1n) is 9.87. The van der Waals surface area contributed by atoms with Crippen molar-refractivity contribution < 1.29 is 4.79 Å². The van der Waals surface area contributed by atoms with Gasteiger partial charge >= 0.3 is 0 Å². The number of amides is 1. The van der Waals surface area contributed by atoms with Crippen molar-refractivity contribution in [3.05, 3.63) is 58.1 Å². The van der Waals surface area contributed by atoms with E-state index in [1.54, 1.807) is 11.3 Å². The predicted octanol–water partition coefficient (Wildman–Crippen LogP) is 4.42. The van der Waals surface area contributed by atoms with Crippen LogP contribution in [-0.2, 0) is 11.2 Å². The quantitative estimate of drug-likeness (QED) is 0.661. The molecule has 1 saturated heterocycles. The van der Waals surface area contributed by atoms with Gasteiger partial charge in [-0.1, -0.05) is 35.1 Å². The van der Waals surface area contributed by atoms with Gasteiger partial charge in [-0.2, -0.15) is 0 Å². The maximum atomic E-state index is 12.9. The van der Waals surface area contributed by atoms with Crippen LogP contribution in [0.4, 0.5) is 5.13 Å². The zero-order valence-electron chi connectivity index (χ0n) is 17.1. The van der Waals surface area contributed by atoms with Crippen LogP contribution in [0.25, 0.3) is 10.2 Å². The van der Waals surface area contributed by atoms with Crippen molar-refractivity contribution >= 4 is 32.6 Å². The number of thiazole rings is 1. The van der Waals surface area contributed by atoms with Crippen molar-refractivity contribution in [2.75, 3.05) is 31.1 Å². The largest absolute Gasteiger partial charge is 0.345 e. The van der Waals surface area contributed by atoms with Crippen LogP contribution in [0, 0.1) is 27.7 Å². The molecule has 5 heteroatoms. The van der Waals surface area contributed by atoms with Crippen LogP contribution in [0.15, 0.2) is 30.3 Å². The molecule has 4 nitrogen and oxygen atoms in total. The highest BCUT2D eigenvalue weighted by atomic mass is 32.1. The van der Waals surface area contributed by atoms with Gasteiger partial charge in [0.05, 0.1) is 16.6 Å². The molecule has 28 heavy (non-hydrogen) atoms. The average Bonchev–Trinajstić information content (AvgIpc) is 3.07. The van der Waals surface area contributed by atoms with Gasteiger partial charge in [-0.15, -0.1) is 0 Å². The summed E-state index contributed by atoms with van der Waals surface area (Å²) < 4.78 is 1.24. The normalized spacial score (nSPS) is 14.7. The van der Waals surface area contributed by atoms with Crippen molar-refractivity contribution in [3.63, 3.8) is 0 Å². The Balaban J connectivity index is 1.41. The van der Waals surface area contributed by atoms with Crippen LogP contribution in [0.2, 0.25) is 0 Å². The lowest BCUT2D eigenvalue weighted by atomic mass is 9.97. The number of hydrogen-bond acceptors (Lipinski definition) is 4. The molecule has 2 heterocycles. The molecular weight excluding hydrogens is 366 g/mol. The summed E-state index contributed by atoms with van der Waals surface area (Å²) in [5, 5.41) is 1.07. The Morgan fingerprint density at radius 3 is 2.32 bits per heavy atom. The van der Waals surface area contributed by atoms with Crippen LogP contribution in [-0.4, -0.2) is 42.0 Å². The number of carbonyl (C=O) groups excluding carboxylic acids is 1. The van der Waals surface area contributed by atoms with Crippen molar-refractivity contribution in [1.82, 2.24) is 9.88 Å². The first kappa shape index (κ1) is 18.9. The third-order valence-electron chi connectivity index (χ3n) is 5.60. The fourth-order valence-electron chi connectivity index (χ4n) is 4.05. The highest BCUT2D eigenvalue weighted by Gasteiger charge is 2.24. The van der Waals surface area contributed by atoms with E-state index in [1.807, 2.05) is 4.90 Å². The lowest BCUT2D eigenvalue weighted by Gasteiger charge is -2.34. The predicted molar refractivity (Wildman–Crippen MR) is 118 cm³/mol. The number of benzene rings is 2. The van der Waals surface area contributed by atoms with Gasteiger partial charge in [0.15, 0.2) is 5.13 Å². The molecule has 0 aliphatic carbocycles. The Hall–Kier alpha value is -2.40. The molecule has 1 fully saturated rings. The molecular formula is C23H27N3OS. The van der Waals surface area contributed by atoms with Crippen LogP contribution in [0.3, 0.4) is 0 Å². The third-order valence-corrected chi connectivity index (χ3v) is 6.68. The minimum atomic E-state index is 0.231. The zero-order chi connectivity index (χ0) is 19.8. The van der Waals surface area contributed by atoms with E-state index in [9.17, 15) is 4.79 Å². The molecule has 0 bridgehead atoms. The highest BCUT2D eigenvalue weighted by molar-refractivity contribution is 7.22. The minimum Gasteiger partial charge on any atom is -0.345 e. The second kappa shape index (κ2) is 7.55. The smallest absolute Gasteiger partial charge is 0.227 e. The molecule has 146 valence electrons. The van der Waals surface area contributed by atoms with Crippen LogP contribution >= 0.6 is 11.3 Å². The van der Waals surface area contributed by atoms with Gasteiger partial charge in [0.25, 0.3) is 0 Å². The lowest BCUT2D eigenvalue weighted by molar-refractivity contribution is -0.130. The van der Waals surface area contributed by atoms with Crippen molar-refractivity contribution in [1.29, 1.82) is 0 Å². The van der Waals surface area contributed by atoms with Crippen LogP contribution in [0.5, 0.6) is 0 Å². The number of nitrogens with zero attached hydrogens (tertiary/aromatic N) is 3. The number of rotatable bonds is 3. The summed E-state index contributed by atoms with van der Waals surface area (Å²) in [6.07, 6.45) is 0.498. The van der Waals surface area contributed by atoms with Crippen molar-refractivity contribution in [3.8, 4) is 0 Å². The highest BCUT2D eigenvalue weighted by Crippen LogP contribution is 2.30. The second-order valence-corrected chi connectivity index (χ2v) is 8.90. The maximum absolute atomic E-state index is 12.9. The Bertz CT molecular complexity index is 1010. The molecule has 1 aliphatic rings. The number of fused-ring (bicyclic) bond motifs is 1. The fraction of sp³-hybridized carbons (Fsp3) is 0.391. The van der Waals surface area contributed by atoms with Gasteiger partial charge in [0, 0.05) is 26.2 Å². The van der Waals surface area contributed by atoms with Crippen molar-refractivity contribution in [2.45, 2.75) is 34.1 Å². The van der Waals surface area contributed by atoms with Crippen molar-refractivity contribution in [2.24, 2.45) is 0 Å². The zero-order valence-corrected chi connectivity index (χ0v) is 17.9. The number of piperazine rings is 1. The Labute approximate surface area is 170 Å². The number of aromatic nitrogens is 1. The summed E-state index contributed by atoms with van der Waals surface area (Å²) in [5.41, 5.74) is 7.20. The topological polar surface area (TPSA) is 36.4 Å². The molecule has 1 amide bonds. The van der Waals surface area contributed by atoms with E-state index in [1.165, 1.54) is 32.5 Å². The summed E-state index contributed by atoms with van der Waals surface area (Å²) >= 11 is 1.75. The third kappa shape index (κ3) is 3.76. The molecule has 0 unspecified atom stereocenters. The van der Waals surface area contributed by atoms with E-state index >= 15 is 0 Å². The van der Waals surface area contributed by atoms with Crippen LogP contribution in [0.1, 0.15) is 27.8 Å². The standard InChI is InChI=1S/C23H27N3OS/c1-15-5-6-20-21(13-15)28-23(24-20)26-9-7-25(8-10-26)22(27)14-19-17(3)11-16(2)12-18(19)4/h5-6,11-13H,7-10,14H2,1-4H3. The molecule has 3 aromatic rings. The van der Waals surface area contributed by atoms with Gasteiger partial charge in [0.1, 0.15) is 0 Å². The maximum Gasteiger partial charge on any atom is 0.227 e. The molecule has 0 atom stereocenters. The molecule has 1 aliphatic heterocycles. The van der Waals surface area contributed by atoms with Gasteiger partial charge in [-0.05, 0) is 62.1 Å². The Morgan fingerprint density at radius 2 is 1.64 bits per heavy atom. The molecule has 0 radical (unpaired) electrons. The van der Waals surface area contributed by atoms with Crippen LogP contribution < -0.4 is 4.90 Å².